The summed E-state index contributed by atoms with van der Waals surface area (Å²) in [5.41, 5.74) is 5.80. The predicted octanol–water partition coefficient (Wildman–Crippen LogP) is 3.31. The van der Waals surface area contributed by atoms with Gasteiger partial charge in [-0.25, -0.2) is 0 Å². The van der Waals surface area contributed by atoms with Crippen molar-refractivity contribution in [2.45, 2.75) is 28.9 Å². The van der Waals surface area contributed by atoms with E-state index in [0.717, 1.165) is 11.6 Å². The van der Waals surface area contributed by atoms with Gasteiger partial charge in [0.25, 0.3) is 0 Å². The topological polar surface area (TPSA) is 26.0 Å². The van der Waals surface area contributed by atoms with Crippen molar-refractivity contribution in [1.29, 1.82) is 0 Å². The normalized spacial score (nSPS) is 19.0. The van der Waals surface area contributed by atoms with Crippen LogP contribution in [0.5, 0.6) is 0 Å². The molecule has 2 N–H and O–H groups in total. The molecule has 3 heteroatoms. The third kappa shape index (κ3) is 1.92. The van der Waals surface area contributed by atoms with E-state index in [1.165, 1.54) is 24.2 Å². The highest BCUT2D eigenvalue weighted by molar-refractivity contribution is 8.00. The molecule has 1 aliphatic carbocycles. The molecule has 0 atom stereocenters. The quantitative estimate of drug-likeness (QED) is 0.858. The molecule has 1 aliphatic rings. The maximum atomic E-state index is 6.11. The van der Waals surface area contributed by atoms with Gasteiger partial charge in [0.15, 0.2) is 0 Å². The molecule has 2 rings (SSSR count). The first-order chi connectivity index (χ1) is 6.76. The molecule has 0 aromatic heterocycles. The van der Waals surface area contributed by atoms with E-state index in [0.29, 0.717) is 0 Å². The fourth-order valence-corrected chi connectivity index (χ4v) is 3.29. The molecule has 1 fully saturated rings. The van der Waals surface area contributed by atoms with E-state index in [2.05, 4.69) is 6.07 Å². The minimum absolute atomic E-state index is 0.269. The molecule has 0 heterocycles. The average molecular weight is 228 g/mol. The summed E-state index contributed by atoms with van der Waals surface area (Å²) in [6.45, 7) is 0.753. The van der Waals surface area contributed by atoms with Crippen molar-refractivity contribution in [1.82, 2.24) is 0 Å². The Kier molecular flexibility index (Phi) is 3.05. The second kappa shape index (κ2) is 4.13. The van der Waals surface area contributed by atoms with Gasteiger partial charge in [0.2, 0.25) is 0 Å². The molecule has 1 aromatic rings. The van der Waals surface area contributed by atoms with E-state index in [1.54, 1.807) is 0 Å². The van der Waals surface area contributed by atoms with Crippen LogP contribution in [0.1, 0.15) is 19.3 Å². The molecular formula is C11H14ClNS. The molecule has 1 nitrogen and oxygen atoms in total. The van der Waals surface area contributed by atoms with Gasteiger partial charge in [-0.15, -0.1) is 11.8 Å². The fourth-order valence-electron chi connectivity index (χ4n) is 1.68. The van der Waals surface area contributed by atoms with Gasteiger partial charge in [-0.3, -0.25) is 0 Å². The highest BCUT2D eigenvalue weighted by Crippen LogP contribution is 2.48. The second-order valence-corrected chi connectivity index (χ2v) is 5.69. The molecule has 1 saturated carbocycles. The van der Waals surface area contributed by atoms with Crippen LogP contribution >= 0.6 is 23.4 Å². The van der Waals surface area contributed by atoms with Gasteiger partial charge in [0.1, 0.15) is 0 Å². The van der Waals surface area contributed by atoms with Gasteiger partial charge in [0.05, 0.1) is 5.02 Å². The number of thioether (sulfide) groups is 1. The Morgan fingerprint density at radius 2 is 2.07 bits per heavy atom. The zero-order valence-corrected chi connectivity index (χ0v) is 9.57. The molecule has 0 aliphatic heterocycles. The van der Waals surface area contributed by atoms with E-state index in [1.807, 2.05) is 30.0 Å². The average Bonchev–Trinajstić information content (AvgIpc) is 2.14. The van der Waals surface area contributed by atoms with Crippen LogP contribution < -0.4 is 5.73 Å². The van der Waals surface area contributed by atoms with Crippen molar-refractivity contribution < 1.29 is 0 Å². The van der Waals surface area contributed by atoms with Crippen molar-refractivity contribution in [3.8, 4) is 0 Å². The van der Waals surface area contributed by atoms with Crippen LogP contribution in [0.15, 0.2) is 29.2 Å². The third-order valence-electron chi connectivity index (χ3n) is 2.80. The lowest BCUT2D eigenvalue weighted by Gasteiger charge is -2.40. The predicted molar refractivity (Wildman–Crippen MR) is 62.9 cm³/mol. The number of hydrogen-bond acceptors (Lipinski definition) is 2. The Morgan fingerprint density at radius 1 is 1.36 bits per heavy atom. The van der Waals surface area contributed by atoms with Crippen LogP contribution in [0, 0.1) is 0 Å². The van der Waals surface area contributed by atoms with Crippen LogP contribution in [-0.2, 0) is 0 Å². The van der Waals surface area contributed by atoms with Gasteiger partial charge >= 0.3 is 0 Å². The maximum absolute atomic E-state index is 6.11. The van der Waals surface area contributed by atoms with Crippen molar-refractivity contribution >= 4 is 23.4 Å². The van der Waals surface area contributed by atoms with E-state index in [4.69, 9.17) is 17.3 Å². The smallest absolute Gasteiger partial charge is 0.0542 e. The molecule has 0 spiro atoms. The summed E-state index contributed by atoms with van der Waals surface area (Å²) < 4.78 is 0.269. The molecule has 1 aromatic carbocycles. The number of halogens is 1. The fraction of sp³-hybridized carbons (Fsp3) is 0.455. The monoisotopic (exact) mass is 227 g/mol. The highest BCUT2D eigenvalue weighted by Gasteiger charge is 2.36. The van der Waals surface area contributed by atoms with Crippen LogP contribution in [0.2, 0.25) is 5.02 Å². The Morgan fingerprint density at radius 3 is 2.57 bits per heavy atom. The lowest BCUT2D eigenvalue weighted by molar-refractivity contribution is 0.371. The van der Waals surface area contributed by atoms with Crippen molar-refractivity contribution in [2.24, 2.45) is 5.73 Å². The number of nitrogens with two attached hydrogens (primary N) is 1. The Bertz CT molecular complexity index is 317. The van der Waals surface area contributed by atoms with E-state index >= 15 is 0 Å². The van der Waals surface area contributed by atoms with Crippen LogP contribution in [-0.4, -0.2) is 11.3 Å². The van der Waals surface area contributed by atoms with Gasteiger partial charge in [-0.2, -0.15) is 0 Å². The maximum Gasteiger partial charge on any atom is 0.0542 e. The molecule has 0 unspecified atom stereocenters. The molecule has 14 heavy (non-hydrogen) atoms. The summed E-state index contributed by atoms with van der Waals surface area (Å²) in [5, 5.41) is 0.845. The van der Waals surface area contributed by atoms with Crippen LogP contribution in [0.25, 0.3) is 0 Å². The number of rotatable bonds is 3. The van der Waals surface area contributed by atoms with Crippen LogP contribution in [0.4, 0.5) is 0 Å². The van der Waals surface area contributed by atoms with Crippen molar-refractivity contribution in [3.63, 3.8) is 0 Å². The van der Waals surface area contributed by atoms with E-state index in [9.17, 15) is 0 Å². The molecule has 76 valence electrons. The summed E-state index contributed by atoms with van der Waals surface area (Å²) in [7, 11) is 0. The second-order valence-electron chi connectivity index (χ2n) is 3.77. The summed E-state index contributed by atoms with van der Waals surface area (Å²) in [6.07, 6.45) is 3.74. The summed E-state index contributed by atoms with van der Waals surface area (Å²) in [5.74, 6) is 0. The minimum Gasteiger partial charge on any atom is -0.329 e. The Balaban J connectivity index is 2.13. The summed E-state index contributed by atoms with van der Waals surface area (Å²) in [6, 6.07) is 7.99. The first kappa shape index (κ1) is 10.3. The Hall–Kier alpha value is -0.180. The third-order valence-corrected chi connectivity index (χ3v) is 4.83. The minimum atomic E-state index is 0.269. The lowest BCUT2D eigenvalue weighted by Crippen LogP contribution is -2.40. The van der Waals surface area contributed by atoms with Gasteiger partial charge in [0, 0.05) is 16.2 Å². The Labute approximate surface area is 94.0 Å². The first-order valence-corrected chi connectivity index (χ1v) is 6.09. The highest BCUT2D eigenvalue weighted by atomic mass is 35.5. The van der Waals surface area contributed by atoms with Crippen molar-refractivity contribution in [2.75, 3.05) is 6.54 Å². The molecule has 0 saturated heterocycles. The molecule has 0 bridgehead atoms. The molecule has 0 radical (unpaired) electrons. The van der Waals surface area contributed by atoms with E-state index < -0.39 is 0 Å². The lowest BCUT2D eigenvalue weighted by atomic mass is 9.84. The summed E-state index contributed by atoms with van der Waals surface area (Å²) >= 11 is 7.95. The number of hydrogen-bond donors (Lipinski definition) is 1. The van der Waals surface area contributed by atoms with Gasteiger partial charge < -0.3 is 5.73 Å². The largest absolute Gasteiger partial charge is 0.329 e. The standard InChI is InChI=1S/C11H14ClNS/c12-9-4-1-2-5-10(9)14-11(8-13)6-3-7-11/h1-2,4-5H,3,6-8,13H2. The number of benzene rings is 1. The van der Waals surface area contributed by atoms with Crippen LogP contribution in [0.3, 0.4) is 0 Å². The van der Waals surface area contributed by atoms with Gasteiger partial charge in [-0.05, 0) is 25.0 Å². The summed E-state index contributed by atoms with van der Waals surface area (Å²) in [4.78, 5) is 1.17. The first-order valence-electron chi connectivity index (χ1n) is 4.89. The van der Waals surface area contributed by atoms with Gasteiger partial charge in [-0.1, -0.05) is 30.2 Å². The molecule has 0 amide bonds. The van der Waals surface area contributed by atoms with E-state index in [-0.39, 0.29) is 4.75 Å². The zero-order chi connectivity index (χ0) is 10.0. The molecular weight excluding hydrogens is 214 g/mol. The SMILES string of the molecule is NCC1(Sc2ccccc2Cl)CCC1. The zero-order valence-electron chi connectivity index (χ0n) is 8.00. The van der Waals surface area contributed by atoms with Crippen molar-refractivity contribution in [3.05, 3.63) is 29.3 Å².